The lowest BCUT2D eigenvalue weighted by Crippen LogP contribution is -2.17. The quantitative estimate of drug-likeness (QED) is 0.549. The van der Waals surface area contributed by atoms with E-state index in [1.807, 2.05) is 0 Å². The van der Waals surface area contributed by atoms with E-state index in [0.29, 0.717) is 24.4 Å². The highest BCUT2D eigenvalue weighted by Crippen LogP contribution is 2.33. The molecule has 12 heavy (non-hydrogen) atoms. The minimum atomic E-state index is 0.224. The van der Waals surface area contributed by atoms with Crippen LogP contribution in [0, 0.1) is 11.8 Å². The van der Waals surface area contributed by atoms with Crippen molar-refractivity contribution in [2.75, 3.05) is 0 Å². The summed E-state index contributed by atoms with van der Waals surface area (Å²) in [6.07, 6.45) is 4.90. The van der Waals surface area contributed by atoms with Crippen molar-refractivity contribution in [3.63, 3.8) is 0 Å². The predicted octanol–water partition coefficient (Wildman–Crippen LogP) is 1.72. The van der Waals surface area contributed by atoms with Crippen LogP contribution in [-0.2, 0) is 9.59 Å². The van der Waals surface area contributed by atoms with Gasteiger partial charge in [0.1, 0.15) is 11.6 Å². The fourth-order valence-corrected chi connectivity index (χ4v) is 2.38. The first-order valence-electron chi connectivity index (χ1n) is 4.83. The Morgan fingerprint density at radius 2 is 1.17 bits per heavy atom. The third-order valence-electron chi connectivity index (χ3n) is 3.25. The molecule has 0 aromatic rings. The first-order chi connectivity index (χ1) is 5.77. The maximum atomic E-state index is 11.4. The molecule has 0 heterocycles. The van der Waals surface area contributed by atoms with Gasteiger partial charge in [0, 0.05) is 24.7 Å². The molecular weight excluding hydrogens is 152 g/mol. The molecule has 0 amide bonds. The summed E-state index contributed by atoms with van der Waals surface area (Å²) in [5.74, 6) is 1.26. The highest BCUT2D eigenvalue weighted by atomic mass is 16.1. The second-order valence-electron chi connectivity index (χ2n) is 3.98. The van der Waals surface area contributed by atoms with Crippen LogP contribution in [0.5, 0.6) is 0 Å². The lowest BCUT2D eigenvalue weighted by atomic mass is 9.90. The zero-order valence-electron chi connectivity index (χ0n) is 7.21. The smallest absolute Gasteiger partial charge is 0.136 e. The normalized spacial score (nSPS) is 36.3. The number of carbonyl (C=O) groups is 2. The lowest BCUT2D eigenvalue weighted by Gasteiger charge is -2.12. The van der Waals surface area contributed by atoms with Crippen LogP contribution in [0.1, 0.15) is 38.5 Å². The second-order valence-corrected chi connectivity index (χ2v) is 3.98. The van der Waals surface area contributed by atoms with Crippen molar-refractivity contribution in [3.05, 3.63) is 0 Å². The minimum Gasteiger partial charge on any atom is -0.299 e. The first kappa shape index (κ1) is 7.96. The number of hydrogen-bond donors (Lipinski definition) is 0. The van der Waals surface area contributed by atoms with Crippen LogP contribution < -0.4 is 0 Å². The summed E-state index contributed by atoms with van der Waals surface area (Å²) in [4.78, 5) is 22.8. The second kappa shape index (κ2) is 3.00. The highest BCUT2D eigenvalue weighted by Gasteiger charge is 2.32. The van der Waals surface area contributed by atoms with Gasteiger partial charge in [-0.25, -0.2) is 0 Å². The monoisotopic (exact) mass is 166 g/mol. The molecule has 2 aliphatic rings. The van der Waals surface area contributed by atoms with Crippen LogP contribution in [0.2, 0.25) is 0 Å². The van der Waals surface area contributed by atoms with Gasteiger partial charge in [-0.3, -0.25) is 9.59 Å². The van der Waals surface area contributed by atoms with Crippen molar-refractivity contribution < 1.29 is 9.59 Å². The maximum Gasteiger partial charge on any atom is 0.136 e. The Morgan fingerprint density at radius 1 is 0.750 bits per heavy atom. The molecule has 0 unspecified atom stereocenters. The zero-order valence-corrected chi connectivity index (χ0v) is 7.21. The van der Waals surface area contributed by atoms with Gasteiger partial charge >= 0.3 is 0 Å². The average molecular weight is 166 g/mol. The predicted molar refractivity (Wildman–Crippen MR) is 44.7 cm³/mol. The molecule has 0 aromatic heterocycles. The van der Waals surface area contributed by atoms with Crippen LogP contribution >= 0.6 is 0 Å². The zero-order chi connectivity index (χ0) is 8.55. The molecule has 2 aliphatic carbocycles. The molecule has 0 radical (unpaired) electrons. The molecular formula is C10H14O2. The Labute approximate surface area is 72.3 Å². The molecule has 2 heteroatoms. The Balaban J connectivity index is 2.19. The molecule has 2 atom stereocenters. The number of Topliss-reactive ketones (excluding diaryl/α,β-unsaturated/α-hetero) is 2. The van der Waals surface area contributed by atoms with Crippen molar-refractivity contribution >= 4 is 11.6 Å². The standard InChI is InChI=1S/C10H14O2/c11-9-6-4-8-2-1-7(9)3-5-10(8)12/h7-8H,1-6H2/t7-,8-/m0/s1. The van der Waals surface area contributed by atoms with E-state index < -0.39 is 0 Å². The van der Waals surface area contributed by atoms with Gasteiger partial charge in [-0.15, -0.1) is 0 Å². The van der Waals surface area contributed by atoms with Gasteiger partial charge < -0.3 is 0 Å². The summed E-state index contributed by atoms with van der Waals surface area (Å²) >= 11 is 0. The molecule has 66 valence electrons. The van der Waals surface area contributed by atoms with E-state index in [1.54, 1.807) is 0 Å². The number of rotatable bonds is 0. The van der Waals surface area contributed by atoms with Gasteiger partial charge in [-0.05, 0) is 25.7 Å². The molecule has 2 nitrogen and oxygen atoms in total. The van der Waals surface area contributed by atoms with Gasteiger partial charge in [0.2, 0.25) is 0 Å². The Kier molecular flexibility index (Phi) is 1.99. The van der Waals surface area contributed by atoms with Crippen LogP contribution in [0.4, 0.5) is 0 Å². The Hall–Kier alpha value is -0.660. The number of hydrogen-bond acceptors (Lipinski definition) is 2. The van der Waals surface area contributed by atoms with E-state index in [4.69, 9.17) is 0 Å². The molecule has 0 spiro atoms. The van der Waals surface area contributed by atoms with Crippen molar-refractivity contribution in [1.82, 2.24) is 0 Å². The van der Waals surface area contributed by atoms with E-state index in [1.165, 1.54) is 0 Å². The van der Waals surface area contributed by atoms with Gasteiger partial charge in [0.05, 0.1) is 0 Å². The van der Waals surface area contributed by atoms with Crippen LogP contribution in [0.3, 0.4) is 0 Å². The topological polar surface area (TPSA) is 34.1 Å². The van der Waals surface area contributed by atoms with E-state index in [9.17, 15) is 9.59 Å². The van der Waals surface area contributed by atoms with E-state index in [-0.39, 0.29) is 11.8 Å². The fraction of sp³-hybridized carbons (Fsp3) is 0.800. The van der Waals surface area contributed by atoms with Crippen molar-refractivity contribution in [1.29, 1.82) is 0 Å². The van der Waals surface area contributed by atoms with Crippen LogP contribution in [-0.4, -0.2) is 11.6 Å². The van der Waals surface area contributed by atoms with Gasteiger partial charge in [-0.1, -0.05) is 0 Å². The average Bonchev–Trinajstić information content (AvgIpc) is 2.33. The minimum absolute atomic E-state index is 0.224. The van der Waals surface area contributed by atoms with Gasteiger partial charge in [-0.2, -0.15) is 0 Å². The summed E-state index contributed by atoms with van der Waals surface area (Å²) in [7, 11) is 0. The largest absolute Gasteiger partial charge is 0.299 e. The lowest BCUT2D eigenvalue weighted by molar-refractivity contribution is -0.126. The molecule has 0 N–H and O–H groups in total. The third-order valence-corrected chi connectivity index (χ3v) is 3.25. The van der Waals surface area contributed by atoms with Gasteiger partial charge in [0.25, 0.3) is 0 Å². The third kappa shape index (κ3) is 1.30. The van der Waals surface area contributed by atoms with Crippen LogP contribution in [0.25, 0.3) is 0 Å². The number of carbonyl (C=O) groups excluding carboxylic acids is 2. The Morgan fingerprint density at radius 3 is 1.58 bits per heavy atom. The first-order valence-corrected chi connectivity index (χ1v) is 4.83. The van der Waals surface area contributed by atoms with E-state index in [0.717, 1.165) is 25.7 Å². The number of ketones is 2. The summed E-state index contributed by atoms with van der Waals surface area (Å²) < 4.78 is 0. The molecule has 2 bridgehead atoms. The van der Waals surface area contributed by atoms with Crippen molar-refractivity contribution in [2.24, 2.45) is 11.8 Å². The molecule has 2 rings (SSSR count). The summed E-state index contributed by atoms with van der Waals surface area (Å²) in [6, 6.07) is 0. The maximum absolute atomic E-state index is 11.4. The van der Waals surface area contributed by atoms with E-state index in [2.05, 4.69) is 0 Å². The fourth-order valence-electron chi connectivity index (χ4n) is 2.38. The molecule has 0 aliphatic heterocycles. The summed E-state index contributed by atoms with van der Waals surface area (Å²) in [5.41, 5.74) is 0. The summed E-state index contributed by atoms with van der Waals surface area (Å²) in [5, 5.41) is 0. The SMILES string of the molecule is O=C1CC[C@@H]2CC[C@H]1CCC2=O. The summed E-state index contributed by atoms with van der Waals surface area (Å²) in [6.45, 7) is 0. The molecule has 2 fully saturated rings. The van der Waals surface area contributed by atoms with Crippen LogP contribution in [0.15, 0.2) is 0 Å². The van der Waals surface area contributed by atoms with E-state index >= 15 is 0 Å². The molecule has 0 saturated heterocycles. The van der Waals surface area contributed by atoms with Crippen molar-refractivity contribution in [2.45, 2.75) is 38.5 Å². The molecule has 2 saturated carbocycles. The van der Waals surface area contributed by atoms with Gasteiger partial charge in [0.15, 0.2) is 0 Å². The molecule has 0 aromatic carbocycles. The number of fused-ring (bicyclic) bond motifs is 3. The Bertz CT molecular complexity index is 196. The van der Waals surface area contributed by atoms with Crippen molar-refractivity contribution in [3.8, 4) is 0 Å². The highest BCUT2D eigenvalue weighted by molar-refractivity contribution is 5.87.